The Morgan fingerprint density at radius 1 is 1.05 bits per heavy atom. The molecular formula is C14H25F2O4P. The van der Waals surface area contributed by atoms with Gasteiger partial charge in [-0.1, -0.05) is 33.6 Å². The molecule has 124 valence electrons. The summed E-state index contributed by atoms with van der Waals surface area (Å²) in [6, 6.07) is 0. The van der Waals surface area contributed by atoms with Crippen molar-refractivity contribution in [2.75, 3.05) is 13.2 Å². The molecule has 0 atom stereocenters. The Kier molecular flexibility index (Phi) is 7.52. The summed E-state index contributed by atoms with van der Waals surface area (Å²) in [6.07, 6.45) is 0. The Bertz CT molecular complexity index is 420. The molecule has 0 unspecified atom stereocenters. The quantitative estimate of drug-likeness (QED) is 0.569. The minimum absolute atomic E-state index is 0.187. The average molecular weight is 326 g/mol. The van der Waals surface area contributed by atoms with E-state index in [0.29, 0.717) is 0 Å². The molecular weight excluding hydrogens is 301 g/mol. The number of aliphatic hydroxyl groups is 1. The number of hydrogen-bond donors (Lipinski definition) is 1. The second-order valence-electron chi connectivity index (χ2n) is 5.26. The Morgan fingerprint density at radius 3 is 1.71 bits per heavy atom. The monoisotopic (exact) mass is 326 g/mol. The summed E-state index contributed by atoms with van der Waals surface area (Å²) in [7, 11) is -4.69. The highest BCUT2D eigenvalue weighted by molar-refractivity contribution is 7.55. The zero-order valence-corrected chi connectivity index (χ0v) is 14.3. The molecule has 0 bridgehead atoms. The van der Waals surface area contributed by atoms with Crippen LogP contribution >= 0.6 is 7.60 Å². The van der Waals surface area contributed by atoms with E-state index in [9.17, 15) is 18.5 Å². The molecule has 0 aromatic heterocycles. The van der Waals surface area contributed by atoms with Crippen LogP contribution in [0.15, 0.2) is 0 Å². The van der Waals surface area contributed by atoms with Crippen molar-refractivity contribution in [2.24, 2.45) is 11.8 Å². The Balaban J connectivity index is 5.64. The van der Waals surface area contributed by atoms with Crippen LogP contribution < -0.4 is 0 Å². The summed E-state index contributed by atoms with van der Waals surface area (Å²) in [5.41, 5.74) is -5.58. The first-order valence-corrected chi connectivity index (χ1v) is 8.54. The van der Waals surface area contributed by atoms with Crippen LogP contribution in [0.2, 0.25) is 0 Å². The van der Waals surface area contributed by atoms with E-state index in [1.807, 2.05) is 0 Å². The summed E-state index contributed by atoms with van der Waals surface area (Å²) in [6.45, 7) is 9.21. The van der Waals surface area contributed by atoms with Crippen LogP contribution in [0.1, 0.15) is 41.5 Å². The van der Waals surface area contributed by atoms with Crippen LogP contribution in [0.3, 0.4) is 0 Å². The first kappa shape index (κ1) is 20.5. The Labute approximate surface area is 125 Å². The van der Waals surface area contributed by atoms with E-state index in [1.54, 1.807) is 33.6 Å². The van der Waals surface area contributed by atoms with Gasteiger partial charge in [0.1, 0.15) is 5.60 Å². The fourth-order valence-electron chi connectivity index (χ4n) is 1.74. The lowest BCUT2D eigenvalue weighted by Crippen LogP contribution is -2.39. The molecule has 0 heterocycles. The number of halogens is 2. The summed E-state index contributed by atoms with van der Waals surface area (Å²) < 4.78 is 49.6. The number of alkyl halides is 2. The lowest BCUT2D eigenvalue weighted by atomic mass is 9.81. The van der Waals surface area contributed by atoms with E-state index < -0.39 is 18.9 Å². The van der Waals surface area contributed by atoms with E-state index in [0.717, 1.165) is 0 Å². The van der Waals surface area contributed by atoms with Crippen molar-refractivity contribution >= 4 is 7.60 Å². The van der Waals surface area contributed by atoms with Gasteiger partial charge in [-0.3, -0.25) is 4.57 Å². The van der Waals surface area contributed by atoms with Gasteiger partial charge in [-0.2, -0.15) is 8.78 Å². The summed E-state index contributed by atoms with van der Waals surface area (Å²) >= 11 is 0. The van der Waals surface area contributed by atoms with E-state index in [4.69, 9.17) is 0 Å². The lowest BCUT2D eigenvalue weighted by molar-refractivity contribution is 0.00812. The van der Waals surface area contributed by atoms with E-state index in [1.165, 1.54) is 13.8 Å². The molecule has 0 aromatic carbocycles. The Morgan fingerprint density at radius 2 is 1.43 bits per heavy atom. The van der Waals surface area contributed by atoms with Crippen molar-refractivity contribution < 1.29 is 27.5 Å². The van der Waals surface area contributed by atoms with Crippen molar-refractivity contribution in [3.63, 3.8) is 0 Å². The molecule has 21 heavy (non-hydrogen) atoms. The maximum Gasteiger partial charge on any atom is 0.412 e. The van der Waals surface area contributed by atoms with E-state index >= 15 is 0 Å². The molecule has 1 N–H and O–H groups in total. The van der Waals surface area contributed by atoms with Crippen molar-refractivity contribution in [1.29, 1.82) is 0 Å². The SMILES string of the molecule is CCOP(=O)(OCC)C(F)(F)C#CC(O)(C(C)C)C(C)C. The highest BCUT2D eigenvalue weighted by Crippen LogP contribution is 2.61. The summed E-state index contributed by atoms with van der Waals surface area (Å²) in [5, 5.41) is 10.4. The van der Waals surface area contributed by atoms with Gasteiger partial charge in [-0.25, -0.2) is 0 Å². The fraction of sp³-hybridized carbons (Fsp3) is 0.857. The predicted molar refractivity (Wildman–Crippen MR) is 78.2 cm³/mol. The maximum atomic E-state index is 14.1. The van der Waals surface area contributed by atoms with Gasteiger partial charge >= 0.3 is 13.3 Å². The minimum Gasteiger partial charge on any atom is -0.377 e. The van der Waals surface area contributed by atoms with Crippen molar-refractivity contribution in [2.45, 2.75) is 52.8 Å². The molecule has 0 aromatic rings. The van der Waals surface area contributed by atoms with Gasteiger partial charge in [-0.15, -0.1) is 0 Å². The second kappa shape index (κ2) is 7.69. The molecule has 0 amide bonds. The smallest absolute Gasteiger partial charge is 0.377 e. The van der Waals surface area contributed by atoms with Crippen LogP contribution in [-0.2, 0) is 13.6 Å². The number of rotatable bonds is 7. The van der Waals surface area contributed by atoms with Gasteiger partial charge in [0.15, 0.2) is 0 Å². The highest BCUT2D eigenvalue weighted by atomic mass is 31.2. The van der Waals surface area contributed by atoms with Gasteiger partial charge < -0.3 is 14.2 Å². The molecule has 0 rings (SSSR count). The average Bonchev–Trinajstić information content (AvgIpc) is 2.35. The third-order valence-electron chi connectivity index (χ3n) is 3.12. The second-order valence-corrected chi connectivity index (χ2v) is 7.33. The first-order chi connectivity index (χ1) is 9.47. The predicted octanol–water partition coefficient (Wildman–Crippen LogP) is 3.89. The highest BCUT2D eigenvalue weighted by Gasteiger charge is 2.52. The molecule has 0 saturated heterocycles. The third-order valence-corrected chi connectivity index (χ3v) is 5.11. The molecule has 7 heteroatoms. The molecule has 0 aliphatic carbocycles. The largest absolute Gasteiger partial charge is 0.412 e. The van der Waals surface area contributed by atoms with Crippen LogP contribution in [-0.4, -0.2) is 29.6 Å². The molecule has 4 nitrogen and oxygen atoms in total. The van der Waals surface area contributed by atoms with Gasteiger partial charge in [0.05, 0.1) is 13.2 Å². The van der Waals surface area contributed by atoms with Crippen LogP contribution in [0.5, 0.6) is 0 Å². The molecule has 0 radical (unpaired) electrons. The maximum absolute atomic E-state index is 14.1. The summed E-state index contributed by atoms with van der Waals surface area (Å²) in [4.78, 5) is 0. The molecule has 0 saturated carbocycles. The third kappa shape index (κ3) is 4.75. The minimum atomic E-state index is -4.69. The van der Waals surface area contributed by atoms with E-state index in [-0.39, 0.29) is 25.0 Å². The zero-order chi connectivity index (χ0) is 16.9. The zero-order valence-electron chi connectivity index (χ0n) is 13.4. The van der Waals surface area contributed by atoms with Crippen molar-refractivity contribution in [1.82, 2.24) is 0 Å². The van der Waals surface area contributed by atoms with Gasteiger partial charge in [0, 0.05) is 0 Å². The Hall–Kier alpha value is -0.470. The first-order valence-electron chi connectivity index (χ1n) is 7.00. The molecule has 0 fully saturated rings. The normalized spacial score (nSPS) is 13.5. The van der Waals surface area contributed by atoms with Gasteiger partial charge in [-0.05, 0) is 31.6 Å². The lowest BCUT2D eigenvalue weighted by Gasteiger charge is -2.31. The molecule has 0 aliphatic heterocycles. The van der Waals surface area contributed by atoms with Crippen molar-refractivity contribution in [3.8, 4) is 11.8 Å². The topological polar surface area (TPSA) is 55.8 Å². The van der Waals surface area contributed by atoms with Crippen LogP contribution in [0.4, 0.5) is 8.78 Å². The summed E-state index contributed by atoms with van der Waals surface area (Å²) in [5.74, 6) is 3.08. The standard InChI is InChI=1S/C14H25F2O4P/c1-7-19-21(18,20-8-2)14(15,16)10-9-13(17,11(3)4)12(5)6/h11-12,17H,7-8H2,1-6H3. The van der Waals surface area contributed by atoms with Crippen molar-refractivity contribution in [3.05, 3.63) is 0 Å². The van der Waals surface area contributed by atoms with E-state index in [2.05, 4.69) is 15.0 Å². The van der Waals surface area contributed by atoms with Gasteiger partial charge in [0.2, 0.25) is 0 Å². The van der Waals surface area contributed by atoms with Crippen LogP contribution in [0.25, 0.3) is 0 Å². The molecule has 0 aliphatic rings. The number of hydrogen-bond acceptors (Lipinski definition) is 4. The van der Waals surface area contributed by atoms with Gasteiger partial charge in [0.25, 0.3) is 0 Å². The van der Waals surface area contributed by atoms with Crippen LogP contribution in [0, 0.1) is 23.7 Å². The fourth-order valence-corrected chi connectivity index (χ4v) is 3.01. The molecule has 0 spiro atoms.